The SMILES string of the molecule is O=C(CSC(F)(F)F)Nc1c(F)ccc(NC(=O)c2cc(NC(=O)[C@H]3[C@H](c4cc(C(F)(F)F)cc(C(F)(F)F)c4)C3(Cl)Cl)ccc2Cl)c1F. The first kappa shape index (κ1) is 38.3. The number of nitrogens with one attached hydrogen (secondary N) is 3. The first-order valence-electron chi connectivity index (χ1n) is 13.0. The van der Waals surface area contributed by atoms with Crippen molar-refractivity contribution < 1.29 is 62.7 Å². The summed E-state index contributed by atoms with van der Waals surface area (Å²) in [6, 6.07) is 5.08. The smallest absolute Gasteiger partial charge is 0.326 e. The molecule has 21 heteroatoms. The number of carbonyl (C=O) groups is 3. The lowest BCUT2D eigenvalue weighted by Crippen LogP contribution is -2.20. The summed E-state index contributed by atoms with van der Waals surface area (Å²) in [5.41, 5.74) is -11.4. The summed E-state index contributed by atoms with van der Waals surface area (Å²) in [6.45, 7) is 0. The number of anilines is 3. The molecule has 49 heavy (non-hydrogen) atoms. The van der Waals surface area contributed by atoms with Gasteiger partial charge in [0, 0.05) is 11.6 Å². The lowest BCUT2D eigenvalue weighted by molar-refractivity contribution is -0.143. The predicted molar refractivity (Wildman–Crippen MR) is 159 cm³/mol. The lowest BCUT2D eigenvalue weighted by Gasteiger charge is -2.14. The van der Waals surface area contributed by atoms with Crippen LogP contribution in [-0.4, -0.2) is 33.3 Å². The van der Waals surface area contributed by atoms with Gasteiger partial charge in [-0.1, -0.05) is 11.6 Å². The van der Waals surface area contributed by atoms with Gasteiger partial charge in [-0.2, -0.15) is 39.5 Å². The molecule has 1 saturated carbocycles. The van der Waals surface area contributed by atoms with Crippen molar-refractivity contribution in [3.05, 3.63) is 87.4 Å². The van der Waals surface area contributed by atoms with Crippen LogP contribution in [0.25, 0.3) is 0 Å². The summed E-state index contributed by atoms with van der Waals surface area (Å²) in [5, 5.41) is 5.62. The topological polar surface area (TPSA) is 87.3 Å². The Morgan fingerprint density at radius 3 is 1.94 bits per heavy atom. The molecule has 0 spiro atoms. The van der Waals surface area contributed by atoms with Crippen molar-refractivity contribution in [2.24, 2.45) is 5.92 Å². The quantitative estimate of drug-likeness (QED) is 0.157. The van der Waals surface area contributed by atoms with Gasteiger partial charge < -0.3 is 16.0 Å². The molecule has 0 aliphatic heterocycles. The highest BCUT2D eigenvalue weighted by molar-refractivity contribution is 8.00. The van der Waals surface area contributed by atoms with Gasteiger partial charge in [0.05, 0.1) is 39.1 Å². The van der Waals surface area contributed by atoms with Crippen molar-refractivity contribution in [1.29, 1.82) is 0 Å². The molecule has 0 heterocycles. The fourth-order valence-electron chi connectivity index (χ4n) is 4.50. The minimum Gasteiger partial charge on any atom is -0.326 e. The molecule has 0 bridgehead atoms. The summed E-state index contributed by atoms with van der Waals surface area (Å²) in [5.74, 6) is -11.0. The van der Waals surface area contributed by atoms with E-state index in [1.54, 1.807) is 5.32 Å². The summed E-state index contributed by atoms with van der Waals surface area (Å²) >= 11 is 17.5. The number of amides is 3. The van der Waals surface area contributed by atoms with Crippen LogP contribution < -0.4 is 16.0 Å². The van der Waals surface area contributed by atoms with Gasteiger partial charge in [0.15, 0.2) is 5.82 Å². The van der Waals surface area contributed by atoms with E-state index in [9.17, 15) is 62.7 Å². The van der Waals surface area contributed by atoms with E-state index in [0.29, 0.717) is 24.3 Å². The van der Waals surface area contributed by atoms with Gasteiger partial charge in [-0.05, 0) is 65.9 Å². The Morgan fingerprint density at radius 1 is 0.796 bits per heavy atom. The lowest BCUT2D eigenvalue weighted by atomic mass is 10.0. The normalized spacial score (nSPS) is 17.3. The van der Waals surface area contributed by atoms with Crippen LogP contribution in [0.1, 0.15) is 33.0 Å². The van der Waals surface area contributed by atoms with E-state index in [1.165, 1.54) is 0 Å². The summed E-state index contributed by atoms with van der Waals surface area (Å²) in [7, 11) is 0. The monoisotopic (exact) mass is 787 g/mol. The molecule has 0 radical (unpaired) electrons. The summed E-state index contributed by atoms with van der Waals surface area (Å²) in [4.78, 5) is 37.8. The summed E-state index contributed by atoms with van der Waals surface area (Å²) < 4.78 is 144. The Labute approximate surface area is 286 Å². The van der Waals surface area contributed by atoms with E-state index >= 15 is 0 Å². The second kappa shape index (κ2) is 13.7. The van der Waals surface area contributed by atoms with Crippen molar-refractivity contribution in [1.82, 2.24) is 0 Å². The van der Waals surface area contributed by atoms with E-state index in [0.717, 1.165) is 18.2 Å². The summed E-state index contributed by atoms with van der Waals surface area (Å²) in [6.07, 6.45) is -10.4. The Balaban J connectivity index is 1.53. The molecule has 6 nitrogen and oxygen atoms in total. The maximum absolute atomic E-state index is 15.0. The molecule has 0 aromatic heterocycles. The second-order valence-electron chi connectivity index (χ2n) is 10.2. The van der Waals surface area contributed by atoms with Crippen LogP contribution in [0.15, 0.2) is 48.5 Å². The maximum Gasteiger partial charge on any atom is 0.442 e. The minimum atomic E-state index is -5.19. The number of halogens is 14. The molecule has 4 rings (SSSR count). The van der Waals surface area contributed by atoms with E-state index < -0.39 is 115 Å². The largest absolute Gasteiger partial charge is 0.442 e. The van der Waals surface area contributed by atoms with Gasteiger partial charge in [-0.15, -0.1) is 23.2 Å². The van der Waals surface area contributed by atoms with Crippen molar-refractivity contribution in [2.75, 3.05) is 21.7 Å². The van der Waals surface area contributed by atoms with Gasteiger partial charge in [0.1, 0.15) is 15.8 Å². The zero-order chi connectivity index (χ0) is 36.9. The van der Waals surface area contributed by atoms with E-state index in [-0.39, 0.29) is 16.8 Å². The Morgan fingerprint density at radius 2 is 1.39 bits per heavy atom. The highest BCUT2D eigenvalue weighted by atomic mass is 35.5. The van der Waals surface area contributed by atoms with Crippen molar-refractivity contribution in [3.8, 4) is 0 Å². The van der Waals surface area contributed by atoms with E-state index in [4.69, 9.17) is 34.8 Å². The molecule has 3 N–H and O–H groups in total. The first-order valence-corrected chi connectivity index (χ1v) is 15.1. The van der Waals surface area contributed by atoms with Crippen LogP contribution in [-0.2, 0) is 21.9 Å². The number of thioether (sulfide) groups is 1. The Hall–Kier alpha value is -3.48. The van der Waals surface area contributed by atoms with Crippen LogP contribution in [0.5, 0.6) is 0 Å². The average molecular weight is 789 g/mol. The molecular formula is C28H15Cl3F11N3O3S. The van der Waals surface area contributed by atoms with E-state index in [1.807, 2.05) is 5.32 Å². The van der Waals surface area contributed by atoms with Crippen LogP contribution >= 0.6 is 46.6 Å². The van der Waals surface area contributed by atoms with Crippen molar-refractivity contribution in [2.45, 2.75) is 28.1 Å². The molecular weight excluding hydrogens is 774 g/mol. The zero-order valence-corrected chi connectivity index (χ0v) is 26.5. The zero-order valence-electron chi connectivity index (χ0n) is 23.4. The third-order valence-corrected chi connectivity index (χ3v) is 8.76. The van der Waals surface area contributed by atoms with Gasteiger partial charge in [-0.3, -0.25) is 14.4 Å². The van der Waals surface area contributed by atoms with Gasteiger partial charge >= 0.3 is 17.9 Å². The van der Waals surface area contributed by atoms with Crippen LogP contribution in [0, 0.1) is 17.6 Å². The average Bonchev–Trinajstić information content (AvgIpc) is 3.56. The molecule has 0 unspecified atom stereocenters. The number of alkyl halides is 11. The molecule has 1 aliphatic carbocycles. The first-order chi connectivity index (χ1) is 22.4. The predicted octanol–water partition coefficient (Wildman–Crippen LogP) is 9.63. The van der Waals surface area contributed by atoms with Crippen molar-refractivity contribution >= 4 is 81.3 Å². The third kappa shape index (κ3) is 9.01. The highest BCUT2D eigenvalue weighted by Crippen LogP contribution is 2.65. The highest BCUT2D eigenvalue weighted by Gasteiger charge is 2.68. The number of benzene rings is 3. The maximum atomic E-state index is 15.0. The molecule has 3 amide bonds. The number of hydrogen-bond donors (Lipinski definition) is 3. The van der Waals surface area contributed by atoms with Crippen LogP contribution in [0.3, 0.4) is 0 Å². The molecule has 3 aromatic rings. The number of rotatable bonds is 8. The van der Waals surface area contributed by atoms with Crippen molar-refractivity contribution in [3.63, 3.8) is 0 Å². The Kier molecular flexibility index (Phi) is 10.7. The fraction of sp³-hybridized carbons (Fsp3) is 0.250. The van der Waals surface area contributed by atoms with E-state index in [2.05, 4.69) is 5.32 Å². The van der Waals surface area contributed by atoms with Gasteiger partial charge in [0.25, 0.3) is 5.91 Å². The Bertz CT molecular complexity index is 1790. The molecule has 1 fully saturated rings. The van der Waals surface area contributed by atoms with Crippen LogP contribution in [0.4, 0.5) is 65.4 Å². The second-order valence-corrected chi connectivity index (χ2v) is 13.1. The molecule has 2 atom stereocenters. The minimum absolute atomic E-state index is 0.113. The fourth-order valence-corrected chi connectivity index (χ4v) is 5.90. The number of hydrogen-bond acceptors (Lipinski definition) is 4. The third-order valence-electron chi connectivity index (χ3n) is 6.75. The molecule has 3 aromatic carbocycles. The number of carbonyl (C=O) groups excluding carboxylic acids is 3. The molecule has 1 aliphatic rings. The molecule has 264 valence electrons. The van der Waals surface area contributed by atoms with Crippen LogP contribution in [0.2, 0.25) is 5.02 Å². The van der Waals surface area contributed by atoms with Gasteiger partial charge in [-0.25, -0.2) is 8.78 Å². The van der Waals surface area contributed by atoms with Gasteiger partial charge in [0.2, 0.25) is 11.8 Å². The molecule has 0 saturated heterocycles. The standard InChI is InChI=1S/C28H15Cl3F11N3O3S/c29-15-2-1-13(8-14(15)23(47)44-17-4-3-16(32)22(21(17)33)45-18(46)9-49-28(40,41)42)43-24(48)20-19(25(20,30)31)10-5-11(26(34,35)36)7-12(6-10)27(37,38)39/h1-8,19-20H,9H2,(H,43,48)(H,44,47)(H,45,46)/t19-,20+/m0/s1.